The van der Waals surface area contributed by atoms with Crippen molar-refractivity contribution in [3.8, 4) is 0 Å². The highest BCUT2D eigenvalue weighted by atomic mass is 32.2. The highest BCUT2D eigenvalue weighted by molar-refractivity contribution is 7.99. The molecule has 7 heteroatoms. The number of carbonyl (C=O) groups is 1. The van der Waals surface area contributed by atoms with Gasteiger partial charge in [-0.3, -0.25) is 18.6 Å². The van der Waals surface area contributed by atoms with E-state index in [1.165, 1.54) is 17.3 Å². The Morgan fingerprint density at radius 1 is 1.10 bits per heavy atom. The minimum atomic E-state index is -0.137. The Bertz CT molecular complexity index is 1340. The Labute approximate surface area is 184 Å². The van der Waals surface area contributed by atoms with Gasteiger partial charge in [-0.05, 0) is 23.1 Å². The summed E-state index contributed by atoms with van der Waals surface area (Å²) in [5.41, 5.74) is 2.48. The van der Waals surface area contributed by atoms with E-state index in [2.05, 4.69) is 37.5 Å². The molecular weight excluding hydrogens is 408 g/mol. The molecule has 2 aromatic heterocycles. The molecular formula is C24H24N4O2S. The lowest BCUT2D eigenvalue weighted by Gasteiger charge is -2.18. The Kier molecular flexibility index (Phi) is 5.54. The summed E-state index contributed by atoms with van der Waals surface area (Å²) in [4.78, 5) is 25.6. The average Bonchev–Trinajstić information content (AvgIpc) is 3.18. The molecule has 6 nitrogen and oxygen atoms in total. The predicted molar refractivity (Wildman–Crippen MR) is 125 cm³/mol. The summed E-state index contributed by atoms with van der Waals surface area (Å²) in [6.07, 6.45) is 1.66. The summed E-state index contributed by atoms with van der Waals surface area (Å²) in [5.74, 6) is 0.684. The van der Waals surface area contributed by atoms with Crippen LogP contribution in [0.2, 0.25) is 0 Å². The molecule has 0 aliphatic heterocycles. The molecule has 0 aliphatic rings. The van der Waals surface area contributed by atoms with E-state index >= 15 is 0 Å². The van der Waals surface area contributed by atoms with E-state index in [9.17, 15) is 9.59 Å². The smallest absolute Gasteiger partial charge is 0.263 e. The number of thioether (sulfide) groups is 1. The van der Waals surface area contributed by atoms with Crippen molar-refractivity contribution in [3.63, 3.8) is 0 Å². The zero-order valence-corrected chi connectivity index (χ0v) is 18.6. The second-order valence-corrected chi connectivity index (χ2v) is 9.32. The van der Waals surface area contributed by atoms with Crippen LogP contribution in [0.1, 0.15) is 36.7 Å². The SMILES string of the molecule is C=CCn1c(=O)c2ccccc2n2c(SCC(=O)c3ccc(C(C)(C)C)cc3)nnc12. The van der Waals surface area contributed by atoms with Gasteiger partial charge in [-0.25, -0.2) is 0 Å². The molecule has 2 heterocycles. The maximum Gasteiger partial charge on any atom is 0.263 e. The van der Waals surface area contributed by atoms with Crippen molar-refractivity contribution in [3.05, 3.63) is 82.7 Å². The lowest BCUT2D eigenvalue weighted by Crippen LogP contribution is -2.22. The summed E-state index contributed by atoms with van der Waals surface area (Å²) in [6.45, 7) is 10.5. The number of para-hydroxylation sites is 1. The maximum absolute atomic E-state index is 12.9. The number of rotatable bonds is 6. The minimum absolute atomic E-state index is 0.0194. The van der Waals surface area contributed by atoms with Crippen molar-refractivity contribution in [2.75, 3.05) is 5.75 Å². The molecule has 0 N–H and O–H groups in total. The van der Waals surface area contributed by atoms with Crippen LogP contribution in [0.5, 0.6) is 0 Å². The largest absolute Gasteiger partial charge is 0.293 e. The van der Waals surface area contributed by atoms with E-state index in [0.29, 0.717) is 28.4 Å². The first kappa shape index (κ1) is 21.1. The van der Waals surface area contributed by atoms with E-state index in [4.69, 9.17) is 0 Å². The molecule has 0 unspecified atom stereocenters. The summed E-state index contributed by atoms with van der Waals surface area (Å²) in [6, 6.07) is 15.1. The number of ketones is 1. The van der Waals surface area contributed by atoms with Crippen LogP contribution in [0.3, 0.4) is 0 Å². The molecule has 0 radical (unpaired) electrons. The Balaban J connectivity index is 1.67. The monoisotopic (exact) mass is 432 g/mol. The molecule has 0 fully saturated rings. The van der Waals surface area contributed by atoms with E-state index in [1.807, 2.05) is 46.9 Å². The number of benzene rings is 2. The van der Waals surface area contributed by atoms with Crippen LogP contribution in [0.15, 0.2) is 71.1 Å². The molecule has 2 aromatic carbocycles. The Morgan fingerprint density at radius 2 is 1.81 bits per heavy atom. The normalized spacial score (nSPS) is 11.8. The fourth-order valence-electron chi connectivity index (χ4n) is 3.49. The number of allylic oxidation sites excluding steroid dienone is 1. The molecule has 0 saturated heterocycles. The van der Waals surface area contributed by atoms with Crippen molar-refractivity contribution in [2.24, 2.45) is 0 Å². The molecule has 158 valence electrons. The summed E-state index contributed by atoms with van der Waals surface area (Å²) in [5, 5.41) is 9.65. The van der Waals surface area contributed by atoms with Crippen LogP contribution in [-0.4, -0.2) is 30.7 Å². The molecule has 0 amide bonds. The lowest BCUT2D eigenvalue weighted by atomic mass is 9.86. The van der Waals surface area contributed by atoms with Gasteiger partial charge in [0, 0.05) is 12.1 Å². The van der Waals surface area contributed by atoms with Gasteiger partial charge in [0.2, 0.25) is 5.78 Å². The number of nitrogens with zero attached hydrogens (tertiary/aromatic N) is 4. The Morgan fingerprint density at radius 3 is 2.48 bits per heavy atom. The van der Waals surface area contributed by atoms with Gasteiger partial charge in [0.05, 0.1) is 16.7 Å². The average molecular weight is 433 g/mol. The van der Waals surface area contributed by atoms with Crippen molar-refractivity contribution in [2.45, 2.75) is 37.9 Å². The molecule has 0 atom stereocenters. The second-order valence-electron chi connectivity index (χ2n) is 8.38. The number of carbonyl (C=O) groups excluding carboxylic acids is 1. The van der Waals surface area contributed by atoms with E-state index in [0.717, 1.165) is 5.52 Å². The number of hydrogen-bond acceptors (Lipinski definition) is 5. The van der Waals surface area contributed by atoms with Crippen molar-refractivity contribution < 1.29 is 4.79 Å². The fraction of sp³-hybridized carbons (Fsp3) is 0.250. The van der Waals surface area contributed by atoms with Gasteiger partial charge in [0.15, 0.2) is 10.9 Å². The van der Waals surface area contributed by atoms with Gasteiger partial charge in [-0.1, -0.05) is 75.0 Å². The topological polar surface area (TPSA) is 69.3 Å². The van der Waals surface area contributed by atoms with Crippen LogP contribution >= 0.6 is 11.8 Å². The quantitative estimate of drug-likeness (QED) is 0.255. The van der Waals surface area contributed by atoms with Crippen molar-refractivity contribution >= 4 is 34.2 Å². The second kappa shape index (κ2) is 8.15. The maximum atomic E-state index is 12.9. The van der Waals surface area contributed by atoms with Crippen LogP contribution in [-0.2, 0) is 12.0 Å². The van der Waals surface area contributed by atoms with Crippen LogP contribution in [0.25, 0.3) is 16.7 Å². The third-order valence-electron chi connectivity index (χ3n) is 5.20. The van der Waals surface area contributed by atoms with Crippen molar-refractivity contribution in [1.82, 2.24) is 19.2 Å². The molecule has 0 aliphatic carbocycles. The molecule has 0 saturated carbocycles. The third kappa shape index (κ3) is 3.93. The van der Waals surface area contributed by atoms with Gasteiger partial charge in [-0.15, -0.1) is 16.8 Å². The first-order valence-electron chi connectivity index (χ1n) is 10.1. The first-order chi connectivity index (χ1) is 14.8. The van der Waals surface area contributed by atoms with E-state index in [1.54, 1.807) is 16.7 Å². The number of aromatic nitrogens is 4. The molecule has 0 spiro atoms. The molecule has 31 heavy (non-hydrogen) atoms. The summed E-state index contributed by atoms with van der Waals surface area (Å²) in [7, 11) is 0. The Hall–Kier alpha value is -3.19. The van der Waals surface area contributed by atoms with Crippen LogP contribution in [0.4, 0.5) is 0 Å². The highest BCUT2D eigenvalue weighted by Gasteiger charge is 2.18. The summed E-state index contributed by atoms with van der Waals surface area (Å²) < 4.78 is 3.38. The van der Waals surface area contributed by atoms with Crippen LogP contribution in [0, 0.1) is 0 Å². The number of Topliss-reactive ketones (excluding diaryl/α,β-unsaturated/α-hetero) is 1. The summed E-state index contributed by atoms with van der Waals surface area (Å²) >= 11 is 1.32. The van der Waals surface area contributed by atoms with Gasteiger partial charge >= 0.3 is 0 Å². The predicted octanol–water partition coefficient (Wildman–Crippen LogP) is 4.50. The zero-order valence-electron chi connectivity index (χ0n) is 17.8. The van der Waals surface area contributed by atoms with E-state index in [-0.39, 0.29) is 22.5 Å². The van der Waals surface area contributed by atoms with Gasteiger partial charge in [0.1, 0.15) is 0 Å². The standard InChI is InChI=1S/C24H24N4O2S/c1-5-14-27-21(30)18-8-6-7-9-19(18)28-22(27)25-26-23(28)31-15-20(29)16-10-12-17(13-11-16)24(2,3)4/h5-13H,1,14-15H2,2-4H3. The van der Waals surface area contributed by atoms with Gasteiger partial charge < -0.3 is 0 Å². The first-order valence-corrected chi connectivity index (χ1v) is 11.0. The van der Waals surface area contributed by atoms with Crippen LogP contribution < -0.4 is 5.56 Å². The highest BCUT2D eigenvalue weighted by Crippen LogP contribution is 2.24. The lowest BCUT2D eigenvalue weighted by molar-refractivity contribution is 0.102. The van der Waals surface area contributed by atoms with Gasteiger partial charge in [-0.2, -0.15) is 0 Å². The zero-order chi connectivity index (χ0) is 22.2. The van der Waals surface area contributed by atoms with E-state index < -0.39 is 0 Å². The number of fused-ring (bicyclic) bond motifs is 3. The number of hydrogen-bond donors (Lipinski definition) is 0. The third-order valence-corrected chi connectivity index (χ3v) is 6.12. The fourth-order valence-corrected chi connectivity index (χ4v) is 4.32. The molecule has 4 rings (SSSR count). The molecule has 0 bridgehead atoms. The molecule has 4 aromatic rings. The van der Waals surface area contributed by atoms with Crippen molar-refractivity contribution in [1.29, 1.82) is 0 Å². The van der Waals surface area contributed by atoms with Gasteiger partial charge in [0.25, 0.3) is 5.56 Å². The minimum Gasteiger partial charge on any atom is -0.293 e.